The summed E-state index contributed by atoms with van der Waals surface area (Å²) >= 11 is 3.37. The summed E-state index contributed by atoms with van der Waals surface area (Å²) in [7, 11) is 0. The summed E-state index contributed by atoms with van der Waals surface area (Å²) in [5, 5.41) is 0. The predicted octanol–water partition coefficient (Wildman–Crippen LogP) is 2.20. The van der Waals surface area contributed by atoms with Crippen molar-refractivity contribution in [2.75, 3.05) is 5.73 Å². The summed E-state index contributed by atoms with van der Waals surface area (Å²) in [5.74, 6) is 1.54. The topological polar surface area (TPSA) is 56.2 Å². The average molecular weight is 255 g/mol. The van der Waals surface area contributed by atoms with Crippen LogP contribution in [0.1, 0.15) is 25.3 Å². The third-order valence-electron chi connectivity index (χ3n) is 2.13. The molecule has 2 N–H and O–H groups in total. The van der Waals surface area contributed by atoms with E-state index in [-0.39, 0.29) is 0 Å². The van der Waals surface area contributed by atoms with Crippen LogP contribution in [-0.2, 0) is 0 Å². The molecule has 0 aliphatic heterocycles. The molecule has 0 bridgehead atoms. The number of anilines is 1. The Bertz CT molecular complexity index is 475. The zero-order valence-corrected chi connectivity index (χ0v) is 9.62. The van der Waals surface area contributed by atoms with Crippen molar-refractivity contribution in [3.05, 3.63) is 22.6 Å². The normalized spacial score (nSPS) is 11.4. The number of fused-ring (bicyclic) bond motifs is 1. The Morgan fingerprint density at radius 1 is 1.50 bits per heavy atom. The highest BCUT2D eigenvalue weighted by atomic mass is 79.9. The fourth-order valence-corrected chi connectivity index (χ4v) is 1.59. The molecule has 0 fully saturated rings. The number of nitrogens with zero attached hydrogens (tertiary/aromatic N) is 3. The first-order chi connectivity index (χ1) is 6.59. The van der Waals surface area contributed by atoms with Gasteiger partial charge in [-0.25, -0.2) is 4.98 Å². The second-order valence-electron chi connectivity index (χ2n) is 3.50. The molecule has 2 aromatic heterocycles. The van der Waals surface area contributed by atoms with Crippen LogP contribution in [0.5, 0.6) is 0 Å². The molecule has 0 aromatic carbocycles. The predicted molar refractivity (Wildman–Crippen MR) is 59.2 cm³/mol. The molecule has 0 aliphatic rings. The van der Waals surface area contributed by atoms with Gasteiger partial charge in [0.15, 0.2) is 5.82 Å². The van der Waals surface area contributed by atoms with Crippen LogP contribution >= 0.6 is 15.9 Å². The Morgan fingerprint density at radius 2 is 2.21 bits per heavy atom. The third-order valence-corrected chi connectivity index (χ3v) is 2.92. The highest BCUT2D eigenvalue weighted by Crippen LogP contribution is 2.21. The first-order valence-corrected chi connectivity index (χ1v) is 5.18. The van der Waals surface area contributed by atoms with E-state index in [0.29, 0.717) is 17.5 Å². The first-order valence-electron chi connectivity index (χ1n) is 4.38. The van der Waals surface area contributed by atoms with E-state index in [2.05, 4.69) is 39.7 Å². The van der Waals surface area contributed by atoms with Crippen molar-refractivity contribution >= 4 is 27.5 Å². The lowest BCUT2D eigenvalue weighted by Crippen LogP contribution is -1.95. The summed E-state index contributed by atoms with van der Waals surface area (Å²) in [5.41, 5.74) is 6.82. The first kappa shape index (κ1) is 9.45. The molecule has 0 spiro atoms. The lowest BCUT2D eigenvalue weighted by molar-refractivity contribution is 0.840. The Kier molecular flexibility index (Phi) is 2.19. The molecule has 74 valence electrons. The van der Waals surface area contributed by atoms with Gasteiger partial charge < -0.3 is 5.73 Å². The minimum absolute atomic E-state index is 0.447. The van der Waals surface area contributed by atoms with E-state index in [9.17, 15) is 0 Å². The van der Waals surface area contributed by atoms with E-state index in [0.717, 1.165) is 10.2 Å². The van der Waals surface area contributed by atoms with Crippen LogP contribution in [0.4, 0.5) is 5.82 Å². The van der Waals surface area contributed by atoms with Crippen molar-refractivity contribution in [2.45, 2.75) is 19.8 Å². The van der Waals surface area contributed by atoms with Crippen molar-refractivity contribution in [3.8, 4) is 0 Å². The molecule has 4 nitrogen and oxygen atoms in total. The van der Waals surface area contributed by atoms with Crippen LogP contribution in [0.2, 0.25) is 0 Å². The smallest absolute Gasteiger partial charge is 0.236 e. The molecule has 0 unspecified atom stereocenters. The Hall–Kier alpha value is -1.10. The molecular formula is C9H11BrN4. The molecule has 0 amide bonds. The number of imidazole rings is 1. The Labute approximate surface area is 90.3 Å². The van der Waals surface area contributed by atoms with Crippen molar-refractivity contribution in [2.24, 2.45) is 0 Å². The van der Waals surface area contributed by atoms with Crippen molar-refractivity contribution in [1.82, 2.24) is 14.4 Å². The van der Waals surface area contributed by atoms with Gasteiger partial charge in [-0.1, -0.05) is 13.8 Å². The quantitative estimate of drug-likeness (QED) is 0.849. The number of hydrogen-bond donors (Lipinski definition) is 1. The van der Waals surface area contributed by atoms with Gasteiger partial charge in [0.2, 0.25) is 5.78 Å². The van der Waals surface area contributed by atoms with Gasteiger partial charge in [0.25, 0.3) is 0 Å². The van der Waals surface area contributed by atoms with Crippen molar-refractivity contribution in [3.63, 3.8) is 0 Å². The van der Waals surface area contributed by atoms with Gasteiger partial charge in [-0.2, -0.15) is 4.98 Å². The van der Waals surface area contributed by atoms with Crippen molar-refractivity contribution < 1.29 is 0 Å². The van der Waals surface area contributed by atoms with Crippen LogP contribution in [-0.4, -0.2) is 14.4 Å². The maximum atomic E-state index is 5.66. The highest BCUT2D eigenvalue weighted by Gasteiger charge is 2.08. The monoisotopic (exact) mass is 254 g/mol. The van der Waals surface area contributed by atoms with Crippen molar-refractivity contribution in [1.29, 1.82) is 0 Å². The Balaban J connectivity index is 2.69. The molecule has 0 aliphatic carbocycles. The van der Waals surface area contributed by atoms with E-state index in [1.54, 1.807) is 0 Å². The lowest BCUT2D eigenvalue weighted by Gasteiger charge is -2.04. The van der Waals surface area contributed by atoms with Gasteiger partial charge in [0.1, 0.15) is 4.60 Å². The Morgan fingerprint density at radius 3 is 2.86 bits per heavy atom. The highest BCUT2D eigenvalue weighted by molar-refractivity contribution is 9.10. The number of aromatic nitrogens is 3. The molecule has 0 saturated carbocycles. The zero-order chi connectivity index (χ0) is 10.3. The summed E-state index contributed by atoms with van der Waals surface area (Å²) in [6.07, 6.45) is 3.83. The number of nitrogens with two attached hydrogens (primary N) is 1. The maximum Gasteiger partial charge on any atom is 0.236 e. The molecule has 2 heterocycles. The third kappa shape index (κ3) is 1.37. The second-order valence-corrected chi connectivity index (χ2v) is 4.25. The van der Waals surface area contributed by atoms with Crippen LogP contribution in [0.15, 0.2) is 17.0 Å². The van der Waals surface area contributed by atoms with E-state index in [1.165, 1.54) is 0 Å². The van der Waals surface area contributed by atoms with Gasteiger partial charge >= 0.3 is 0 Å². The fraction of sp³-hybridized carbons (Fsp3) is 0.333. The SMILES string of the molecule is CC(C)c1cnc2nc(N)c(Br)n2c1. The average Bonchev–Trinajstić information content (AvgIpc) is 2.43. The van der Waals surface area contributed by atoms with Crippen LogP contribution in [0.3, 0.4) is 0 Å². The number of rotatable bonds is 1. The number of halogens is 1. The molecule has 5 heteroatoms. The molecule has 2 aromatic rings. The number of nitrogen functional groups attached to an aromatic ring is 1. The van der Waals surface area contributed by atoms with Crippen LogP contribution in [0.25, 0.3) is 5.78 Å². The minimum atomic E-state index is 0.447. The van der Waals surface area contributed by atoms with Crippen LogP contribution < -0.4 is 5.73 Å². The lowest BCUT2D eigenvalue weighted by atomic mass is 10.1. The molecule has 14 heavy (non-hydrogen) atoms. The van der Waals surface area contributed by atoms with E-state index >= 15 is 0 Å². The summed E-state index contributed by atoms with van der Waals surface area (Å²) in [4.78, 5) is 8.32. The summed E-state index contributed by atoms with van der Waals surface area (Å²) in [6, 6.07) is 0. The standard InChI is InChI=1S/C9H11BrN4/c1-5(2)6-3-12-9-13-8(11)7(10)14(9)4-6/h3-5H,11H2,1-2H3. The van der Waals surface area contributed by atoms with Gasteiger partial charge in [-0.3, -0.25) is 4.40 Å². The summed E-state index contributed by atoms with van der Waals surface area (Å²) < 4.78 is 2.62. The second kappa shape index (κ2) is 3.24. The fourth-order valence-electron chi connectivity index (χ4n) is 1.24. The van der Waals surface area contributed by atoms with E-state index in [4.69, 9.17) is 5.73 Å². The minimum Gasteiger partial charge on any atom is -0.381 e. The summed E-state index contributed by atoms with van der Waals surface area (Å²) in [6.45, 7) is 4.24. The van der Waals surface area contributed by atoms with E-state index in [1.807, 2.05) is 16.8 Å². The van der Waals surface area contributed by atoms with Gasteiger partial charge in [-0.15, -0.1) is 0 Å². The molecular weight excluding hydrogens is 244 g/mol. The number of hydrogen-bond acceptors (Lipinski definition) is 3. The van der Waals surface area contributed by atoms with Gasteiger partial charge in [0.05, 0.1) is 0 Å². The molecule has 0 saturated heterocycles. The molecule has 0 radical (unpaired) electrons. The van der Waals surface area contributed by atoms with Gasteiger partial charge in [-0.05, 0) is 27.4 Å². The molecule has 2 rings (SSSR count). The van der Waals surface area contributed by atoms with Crippen LogP contribution in [0, 0.1) is 0 Å². The maximum absolute atomic E-state index is 5.66. The molecule has 0 atom stereocenters. The zero-order valence-electron chi connectivity index (χ0n) is 8.03. The van der Waals surface area contributed by atoms with Gasteiger partial charge in [0, 0.05) is 12.4 Å². The van der Waals surface area contributed by atoms with E-state index < -0.39 is 0 Å². The largest absolute Gasteiger partial charge is 0.381 e.